The lowest BCUT2D eigenvalue weighted by atomic mass is 10.2. The van der Waals surface area contributed by atoms with Gasteiger partial charge in [-0.3, -0.25) is 9.52 Å². The molecule has 3 aromatic carbocycles. The first-order valence-electron chi connectivity index (χ1n) is 9.42. The van der Waals surface area contributed by atoms with Gasteiger partial charge in [-0.25, -0.2) is 8.42 Å². The molecule has 10 heteroatoms. The Kier molecular flexibility index (Phi) is 5.54. The second kappa shape index (κ2) is 8.31. The molecule has 1 heterocycles. The highest BCUT2D eigenvalue weighted by atomic mass is 32.2. The minimum absolute atomic E-state index is 0.0232. The number of ether oxygens (including phenoxy) is 3. The quantitative estimate of drug-likeness (QED) is 0.454. The average Bonchev–Trinajstić information content (AvgIpc) is 3.15. The number of sulfonamides is 1. The number of benzene rings is 3. The molecular formula is C22H20N2O7S. The van der Waals surface area contributed by atoms with E-state index in [0.29, 0.717) is 22.9 Å². The van der Waals surface area contributed by atoms with Crippen molar-refractivity contribution < 1.29 is 27.2 Å². The number of methoxy groups -OCH3 is 3. The van der Waals surface area contributed by atoms with Crippen molar-refractivity contribution in [2.45, 2.75) is 4.90 Å². The predicted molar refractivity (Wildman–Crippen MR) is 119 cm³/mol. The molecule has 0 atom stereocenters. The van der Waals surface area contributed by atoms with Gasteiger partial charge in [0.15, 0.2) is 5.58 Å². The van der Waals surface area contributed by atoms with E-state index in [4.69, 9.17) is 18.7 Å². The molecule has 32 heavy (non-hydrogen) atoms. The Labute approximate surface area is 183 Å². The maximum absolute atomic E-state index is 13.3. The summed E-state index contributed by atoms with van der Waals surface area (Å²) in [5.74, 6) is 1.20. The largest absolute Gasteiger partial charge is 0.497 e. The second-order valence-electron chi connectivity index (χ2n) is 6.69. The van der Waals surface area contributed by atoms with Crippen molar-refractivity contribution in [3.05, 3.63) is 71.0 Å². The minimum atomic E-state index is -4.14. The second-order valence-corrected chi connectivity index (χ2v) is 8.34. The fourth-order valence-electron chi connectivity index (χ4n) is 3.24. The molecule has 0 radical (unpaired) electrons. The normalized spacial score (nSPS) is 11.3. The van der Waals surface area contributed by atoms with Crippen LogP contribution >= 0.6 is 0 Å². The van der Waals surface area contributed by atoms with Crippen molar-refractivity contribution in [1.82, 2.24) is 4.74 Å². The highest BCUT2D eigenvalue weighted by Crippen LogP contribution is 2.30. The van der Waals surface area contributed by atoms with Crippen molar-refractivity contribution in [2.75, 3.05) is 26.1 Å². The van der Waals surface area contributed by atoms with E-state index in [1.807, 2.05) is 0 Å². The maximum Gasteiger partial charge on any atom is 0.299 e. The number of aromatic nitrogens is 1. The molecule has 0 amide bonds. The van der Waals surface area contributed by atoms with Crippen LogP contribution in [0.15, 0.2) is 74.9 Å². The first-order valence-corrected chi connectivity index (χ1v) is 10.9. The van der Waals surface area contributed by atoms with E-state index in [9.17, 15) is 13.2 Å². The average molecular weight is 456 g/mol. The van der Waals surface area contributed by atoms with Gasteiger partial charge in [-0.05, 0) is 48.5 Å². The van der Waals surface area contributed by atoms with E-state index in [1.54, 1.807) is 48.5 Å². The molecule has 0 aliphatic rings. The Morgan fingerprint density at radius 2 is 1.56 bits per heavy atom. The summed E-state index contributed by atoms with van der Waals surface area (Å²) >= 11 is 0. The number of nitrogens with zero attached hydrogens (tertiary/aromatic N) is 1. The summed E-state index contributed by atoms with van der Waals surface area (Å²) in [5, 5.41) is 0.206. The lowest BCUT2D eigenvalue weighted by Gasteiger charge is -2.13. The van der Waals surface area contributed by atoms with Crippen LogP contribution in [-0.2, 0) is 10.0 Å². The summed E-state index contributed by atoms with van der Waals surface area (Å²) < 4.78 is 51.2. The smallest absolute Gasteiger partial charge is 0.299 e. The Morgan fingerprint density at radius 3 is 2.22 bits per heavy atom. The lowest BCUT2D eigenvalue weighted by molar-refractivity contribution is 0.363. The highest BCUT2D eigenvalue weighted by Gasteiger charge is 2.25. The number of fused-ring (bicyclic) bond motifs is 1. The molecule has 0 spiro atoms. The molecule has 9 nitrogen and oxygen atoms in total. The topological polar surface area (TPSA) is 109 Å². The van der Waals surface area contributed by atoms with E-state index >= 15 is 0 Å². The van der Waals surface area contributed by atoms with Crippen molar-refractivity contribution >= 4 is 26.7 Å². The zero-order valence-electron chi connectivity index (χ0n) is 17.5. The SMILES string of the molecule is COc1ccc(NS(=O)(=O)c2cc(OC)ccc2-n2oc3cccc(OC)c3c2=O)cc1. The van der Waals surface area contributed by atoms with Crippen molar-refractivity contribution in [3.8, 4) is 22.9 Å². The monoisotopic (exact) mass is 456 g/mol. The third-order valence-electron chi connectivity index (χ3n) is 4.81. The van der Waals surface area contributed by atoms with E-state index in [1.165, 1.54) is 33.5 Å². The number of hydrogen-bond acceptors (Lipinski definition) is 7. The molecule has 0 saturated heterocycles. The number of rotatable bonds is 7. The van der Waals surface area contributed by atoms with Gasteiger partial charge in [-0.1, -0.05) is 6.07 Å². The van der Waals surface area contributed by atoms with E-state index < -0.39 is 15.6 Å². The molecule has 0 saturated carbocycles. The Hall–Kier alpha value is -3.92. The summed E-state index contributed by atoms with van der Waals surface area (Å²) in [6.07, 6.45) is 0. The summed E-state index contributed by atoms with van der Waals surface area (Å²) in [6, 6.07) is 15.6. The Morgan fingerprint density at radius 1 is 0.875 bits per heavy atom. The molecule has 166 valence electrons. The third kappa shape index (κ3) is 3.76. The Bertz CT molecular complexity index is 1440. The molecule has 1 aromatic heterocycles. The molecular weight excluding hydrogens is 436 g/mol. The van der Waals surface area contributed by atoms with Gasteiger partial charge < -0.3 is 18.7 Å². The van der Waals surface area contributed by atoms with Gasteiger partial charge in [0.1, 0.15) is 33.2 Å². The predicted octanol–water partition coefficient (Wildman–Crippen LogP) is 3.41. The fourth-order valence-corrected chi connectivity index (χ4v) is 4.50. The van der Waals surface area contributed by atoms with Gasteiger partial charge in [-0.15, -0.1) is 4.74 Å². The van der Waals surface area contributed by atoms with Crippen LogP contribution in [0.2, 0.25) is 0 Å². The van der Waals surface area contributed by atoms with Crippen LogP contribution in [0.4, 0.5) is 5.69 Å². The van der Waals surface area contributed by atoms with E-state index in [2.05, 4.69) is 4.72 Å². The lowest BCUT2D eigenvalue weighted by Crippen LogP contribution is -2.19. The van der Waals surface area contributed by atoms with Crippen LogP contribution in [0.1, 0.15) is 0 Å². The molecule has 4 rings (SSSR count). The van der Waals surface area contributed by atoms with Crippen LogP contribution in [-0.4, -0.2) is 34.5 Å². The van der Waals surface area contributed by atoms with Crippen LogP contribution in [0.25, 0.3) is 16.7 Å². The van der Waals surface area contributed by atoms with Gasteiger partial charge in [-0.2, -0.15) is 0 Å². The fraction of sp³-hybridized carbons (Fsp3) is 0.136. The summed E-state index contributed by atoms with van der Waals surface area (Å²) in [4.78, 5) is 12.9. The number of anilines is 1. The molecule has 0 fully saturated rings. The zero-order chi connectivity index (χ0) is 22.9. The van der Waals surface area contributed by atoms with Crippen LogP contribution in [0.5, 0.6) is 17.2 Å². The van der Waals surface area contributed by atoms with Crippen molar-refractivity contribution in [3.63, 3.8) is 0 Å². The molecule has 0 unspecified atom stereocenters. The summed E-state index contributed by atoms with van der Waals surface area (Å²) in [7, 11) is 0.235. The summed E-state index contributed by atoms with van der Waals surface area (Å²) in [5.41, 5.74) is 0.0494. The van der Waals surface area contributed by atoms with Gasteiger partial charge >= 0.3 is 0 Å². The highest BCUT2D eigenvalue weighted by molar-refractivity contribution is 7.92. The number of hydrogen-bond donors (Lipinski definition) is 1. The molecule has 0 aliphatic carbocycles. The van der Waals surface area contributed by atoms with Crippen LogP contribution in [0.3, 0.4) is 0 Å². The first kappa shape index (κ1) is 21.3. The van der Waals surface area contributed by atoms with Crippen molar-refractivity contribution in [2.24, 2.45) is 0 Å². The van der Waals surface area contributed by atoms with Crippen LogP contribution in [0, 0.1) is 0 Å². The van der Waals surface area contributed by atoms with Gasteiger partial charge in [0, 0.05) is 11.8 Å². The minimum Gasteiger partial charge on any atom is -0.497 e. The van der Waals surface area contributed by atoms with Crippen LogP contribution < -0.4 is 24.5 Å². The first-order chi connectivity index (χ1) is 15.4. The van der Waals surface area contributed by atoms with E-state index in [0.717, 1.165) is 4.74 Å². The maximum atomic E-state index is 13.3. The number of nitrogens with one attached hydrogen (secondary N) is 1. The summed E-state index contributed by atoms with van der Waals surface area (Å²) in [6.45, 7) is 0. The molecule has 4 aromatic rings. The van der Waals surface area contributed by atoms with Gasteiger partial charge in [0.25, 0.3) is 15.6 Å². The van der Waals surface area contributed by atoms with Gasteiger partial charge in [0.2, 0.25) is 0 Å². The Balaban J connectivity index is 1.87. The van der Waals surface area contributed by atoms with Crippen molar-refractivity contribution in [1.29, 1.82) is 0 Å². The standard InChI is InChI=1S/C22H20N2O7S/c1-28-15-9-7-14(8-10-15)23-32(26,27)20-13-16(29-2)11-12-17(20)24-22(25)21-18(30-3)5-4-6-19(21)31-24/h4-13,23H,1-3H3. The third-order valence-corrected chi connectivity index (χ3v) is 6.22. The van der Waals surface area contributed by atoms with E-state index in [-0.39, 0.29) is 21.6 Å². The zero-order valence-corrected chi connectivity index (χ0v) is 18.3. The molecule has 1 N–H and O–H groups in total. The molecule has 0 aliphatic heterocycles. The van der Waals surface area contributed by atoms with Gasteiger partial charge in [0.05, 0.1) is 21.3 Å². The molecule has 0 bridgehead atoms.